The Morgan fingerprint density at radius 3 is 2.75 bits per heavy atom. The number of nitrogens with zero attached hydrogens (tertiary/aromatic N) is 1. The molecule has 0 aliphatic heterocycles. The van der Waals surface area contributed by atoms with Gasteiger partial charge in [-0.3, -0.25) is 4.79 Å². The first-order valence-corrected chi connectivity index (χ1v) is 7.48. The van der Waals surface area contributed by atoms with Gasteiger partial charge in [0.1, 0.15) is 5.75 Å². The highest BCUT2D eigenvalue weighted by Gasteiger charge is 2.03. The fourth-order valence-electron chi connectivity index (χ4n) is 2.32. The van der Waals surface area contributed by atoms with E-state index in [2.05, 4.69) is 15.5 Å². The van der Waals surface area contributed by atoms with Gasteiger partial charge in [0.05, 0.1) is 7.11 Å². The first-order chi connectivity index (χ1) is 11.8. The van der Waals surface area contributed by atoms with Crippen molar-refractivity contribution < 1.29 is 9.53 Å². The molecule has 0 fully saturated rings. The van der Waals surface area contributed by atoms with Crippen molar-refractivity contribution >= 4 is 29.1 Å². The van der Waals surface area contributed by atoms with Crippen molar-refractivity contribution in [1.29, 1.82) is 0 Å². The zero-order valence-corrected chi connectivity index (χ0v) is 13.2. The second-order valence-electron chi connectivity index (χ2n) is 5.10. The average Bonchev–Trinajstić information content (AvgIpc) is 3.04. The largest absolute Gasteiger partial charge is 0.497 e. The molecular formula is C19H17N3O2. The number of hydrogen-bond acceptors (Lipinski definition) is 3. The molecule has 0 radical (unpaired) electrons. The van der Waals surface area contributed by atoms with Crippen LogP contribution in [0.25, 0.3) is 17.0 Å². The summed E-state index contributed by atoms with van der Waals surface area (Å²) in [5, 5.41) is 5.06. The number of fused-ring (bicyclic) bond motifs is 1. The fraction of sp³-hybridized carbons (Fsp3) is 0.0526. The maximum atomic E-state index is 11.9. The molecule has 1 heterocycles. The van der Waals surface area contributed by atoms with Crippen LogP contribution in [0, 0.1) is 0 Å². The lowest BCUT2D eigenvalue weighted by atomic mass is 10.2. The highest BCUT2D eigenvalue weighted by atomic mass is 16.5. The van der Waals surface area contributed by atoms with Crippen LogP contribution in [-0.2, 0) is 0 Å². The van der Waals surface area contributed by atoms with Crippen molar-refractivity contribution in [3.63, 3.8) is 0 Å². The first kappa shape index (κ1) is 15.6. The summed E-state index contributed by atoms with van der Waals surface area (Å²) in [6.45, 7) is 0. The number of aromatic amines is 1. The third-order valence-electron chi connectivity index (χ3n) is 3.58. The summed E-state index contributed by atoms with van der Waals surface area (Å²) in [5.74, 6) is 0.436. The van der Waals surface area contributed by atoms with Crippen molar-refractivity contribution in [1.82, 2.24) is 10.4 Å². The second kappa shape index (κ2) is 7.28. The van der Waals surface area contributed by atoms with Crippen LogP contribution in [0.15, 0.2) is 65.9 Å². The van der Waals surface area contributed by atoms with Gasteiger partial charge in [-0.2, -0.15) is 5.10 Å². The number of H-pyrrole nitrogens is 1. The molecular weight excluding hydrogens is 302 g/mol. The number of hydrogen-bond donors (Lipinski definition) is 2. The number of hydrazone groups is 1. The van der Waals surface area contributed by atoms with Crippen LogP contribution >= 0.6 is 0 Å². The summed E-state index contributed by atoms with van der Waals surface area (Å²) in [4.78, 5) is 15.1. The van der Waals surface area contributed by atoms with Crippen molar-refractivity contribution in [3.8, 4) is 5.75 Å². The molecule has 2 N–H and O–H groups in total. The molecule has 5 heteroatoms. The Bertz CT molecular complexity index is 892. The minimum atomic E-state index is -0.269. The Hall–Kier alpha value is -3.34. The highest BCUT2D eigenvalue weighted by molar-refractivity contribution is 5.95. The van der Waals surface area contributed by atoms with Crippen molar-refractivity contribution in [2.75, 3.05) is 7.11 Å². The smallest absolute Gasteiger partial charge is 0.271 e. The monoisotopic (exact) mass is 319 g/mol. The molecule has 0 unspecified atom stereocenters. The number of ether oxygens (including phenoxy) is 1. The lowest BCUT2D eigenvalue weighted by Gasteiger charge is -2.01. The van der Waals surface area contributed by atoms with Crippen LogP contribution in [0.5, 0.6) is 5.75 Å². The van der Waals surface area contributed by atoms with Gasteiger partial charge >= 0.3 is 0 Å². The topological polar surface area (TPSA) is 66.5 Å². The van der Waals surface area contributed by atoms with Gasteiger partial charge in [-0.15, -0.1) is 0 Å². The second-order valence-corrected chi connectivity index (χ2v) is 5.10. The molecule has 3 rings (SSSR count). The lowest BCUT2D eigenvalue weighted by Crippen LogP contribution is -2.17. The van der Waals surface area contributed by atoms with Gasteiger partial charge < -0.3 is 9.72 Å². The number of para-hydroxylation sites is 1. The normalized spacial score (nSPS) is 11.4. The van der Waals surface area contributed by atoms with Gasteiger partial charge in [0.2, 0.25) is 0 Å². The zero-order chi connectivity index (χ0) is 16.8. The molecule has 120 valence electrons. The molecule has 24 heavy (non-hydrogen) atoms. The van der Waals surface area contributed by atoms with Gasteiger partial charge in [-0.1, -0.05) is 24.3 Å². The van der Waals surface area contributed by atoms with E-state index in [0.717, 1.165) is 16.5 Å². The highest BCUT2D eigenvalue weighted by Crippen LogP contribution is 2.18. The molecule has 5 nitrogen and oxygen atoms in total. The number of carbonyl (C=O) groups excluding carboxylic acids is 1. The molecule has 1 amide bonds. The van der Waals surface area contributed by atoms with E-state index >= 15 is 0 Å². The Kier molecular flexibility index (Phi) is 4.72. The Morgan fingerprint density at radius 1 is 1.17 bits per heavy atom. The molecule has 0 saturated heterocycles. The number of allylic oxidation sites excluding steroid dienone is 1. The summed E-state index contributed by atoms with van der Waals surface area (Å²) < 4.78 is 5.05. The number of benzene rings is 2. The third-order valence-corrected chi connectivity index (χ3v) is 3.58. The van der Waals surface area contributed by atoms with Gasteiger partial charge in [0, 0.05) is 28.9 Å². The molecule has 3 aromatic rings. The van der Waals surface area contributed by atoms with E-state index in [9.17, 15) is 4.79 Å². The maximum absolute atomic E-state index is 11.9. The first-order valence-electron chi connectivity index (χ1n) is 7.48. The third kappa shape index (κ3) is 3.52. The minimum Gasteiger partial charge on any atom is -0.497 e. The number of nitrogens with one attached hydrogen (secondary N) is 2. The molecule has 0 aliphatic rings. The Morgan fingerprint density at radius 2 is 1.96 bits per heavy atom. The van der Waals surface area contributed by atoms with E-state index in [0.29, 0.717) is 11.3 Å². The van der Waals surface area contributed by atoms with Crippen molar-refractivity contribution in [3.05, 3.63) is 71.9 Å². The summed E-state index contributed by atoms with van der Waals surface area (Å²) >= 11 is 0. The van der Waals surface area contributed by atoms with Crippen molar-refractivity contribution in [2.24, 2.45) is 5.10 Å². The van der Waals surface area contributed by atoms with Gasteiger partial charge in [0.25, 0.3) is 5.91 Å². The minimum absolute atomic E-state index is 0.269. The molecule has 0 saturated carbocycles. The Labute approximate surface area is 139 Å². The summed E-state index contributed by atoms with van der Waals surface area (Å²) in [7, 11) is 1.58. The van der Waals surface area contributed by atoms with Crippen LogP contribution in [-0.4, -0.2) is 24.2 Å². The van der Waals surface area contributed by atoms with E-state index in [1.54, 1.807) is 43.7 Å². The van der Waals surface area contributed by atoms with Gasteiger partial charge in [-0.25, -0.2) is 5.43 Å². The molecule has 0 spiro atoms. The summed E-state index contributed by atoms with van der Waals surface area (Å²) in [6, 6.07) is 14.9. The van der Waals surface area contributed by atoms with Gasteiger partial charge in [0.15, 0.2) is 0 Å². The number of carbonyl (C=O) groups is 1. The predicted molar refractivity (Wildman–Crippen MR) is 96.3 cm³/mol. The SMILES string of the molecule is COc1ccc(C(=O)NN=CC=Cc2c[nH]c3ccccc23)cc1. The van der Waals surface area contributed by atoms with Crippen LogP contribution in [0.1, 0.15) is 15.9 Å². The maximum Gasteiger partial charge on any atom is 0.271 e. The molecule has 2 aromatic carbocycles. The lowest BCUT2D eigenvalue weighted by molar-refractivity contribution is 0.0955. The molecule has 0 atom stereocenters. The molecule has 0 aliphatic carbocycles. The standard InChI is InChI=1S/C19H17N3O2/c1-24-16-10-8-14(9-11-16)19(23)22-21-12-4-5-15-13-20-18-7-3-2-6-17(15)18/h2-13,20H,1H3,(H,22,23). The zero-order valence-electron chi connectivity index (χ0n) is 13.2. The van der Waals surface area contributed by atoms with Crippen LogP contribution in [0.2, 0.25) is 0 Å². The average molecular weight is 319 g/mol. The predicted octanol–water partition coefficient (Wildman–Crippen LogP) is 3.61. The number of amides is 1. The van der Waals surface area contributed by atoms with E-state index < -0.39 is 0 Å². The summed E-state index contributed by atoms with van der Waals surface area (Å²) in [5.41, 5.74) is 5.16. The molecule has 1 aromatic heterocycles. The van der Waals surface area contributed by atoms with Gasteiger partial charge in [-0.05, 0) is 42.0 Å². The van der Waals surface area contributed by atoms with Crippen LogP contribution < -0.4 is 10.2 Å². The summed E-state index contributed by atoms with van der Waals surface area (Å²) in [6.07, 6.45) is 7.19. The quantitative estimate of drug-likeness (QED) is 0.557. The van der Waals surface area contributed by atoms with Crippen LogP contribution in [0.3, 0.4) is 0 Å². The number of rotatable bonds is 5. The fourth-order valence-corrected chi connectivity index (χ4v) is 2.32. The van der Waals surface area contributed by atoms with E-state index in [-0.39, 0.29) is 5.91 Å². The van der Waals surface area contributed by atoms with Crippen LogP contribution in [0.4, 0.5) is 0 Å². The van der Waals surface area contributed by atoms with E-state index in [1.807, 2.05) is 36.5 Å². The number of methoxy groups -OCH3 is 1. The number of aromatic nitrogens is 1. The van der Waals surface area contributed by atoms with E-state index in [4.69, 9.17) is 4.74 Å². The molecule has 0 bridgehead atoms. The van der Waals surface area contributed by atoms with Crippen molar-refractivity contribution in [2.45, 2.75) is 0 Å². The Balaban J connectivity index is 1.59. The van der Waals surface area contributed by atoms with E-state index in [1.165, 1.54) is 0 Å².